The number of hydrogen-bond acceptors (Lipinski definition) is 7. The summed E-state index contributed by atoms with van der Waals surface area (Å²) >= 11 is 0. The quantitative estimate of drug-likeness (QED) is 0.763. The third-order valence-corrected chi connectivity index (χ3v) is 2.95. The van der Waals surface area contributed by atoms with E-state index in [1.165, 1.54) is 0 Å². The summed E-state index contributed by atoms with van der Waals surface area (Å²) in [6, 6.07) is 1.62. The van der Waals surface area contributed by atoms with Crippen molar-refractivity contribution in [2.75, 3.05) is 43.6 Å². The molecule has 2 rings (SSSR count). The largest absolute Gasteiger partial charge is 0.394 e. The highest BCUT2D eigenvalue weighted by Crippen LogP contribution is 2.19. The van der Waals surface area contributed by atoms with Gasteiger partial charge in [0.25, 0.3) is 0 Å². The summed E-state index contributed by atoms with van der Waals surface area (Å²) in [5.41, 5.74) is 5.80. The molecule has 1 aliphatic rings. The molecule has 0 aliphatic carbocycles. The number of nitrogens with two attached hydrogens (primary N) is 1. The zero-order valence-electron chi connectivity index (χ0n) is 11.1. The van der Waals surface area contributed by atoms with E-state index in [2.05, 4.69) is 9.97 Å². The maximum absolute atomic E-state index is 9.38. The Morgan fingerprint density at radius 2 is 2.42 bits per heavy atom. The van der Waals surface area contributed by atoms with E-state index in [1.54, 1.807) is 6.07 Å². The van der Waals surface area contributed by atoms with Crippen LogP contribution in [0.4, 0.5) is 11.6 Å². The van der Waals surface area contributed by atoms with Crippen LogP contribution in [0.25, 0.3) is 0 Å². The maximum atomic E-state index is 9.38. The average Bonchev–Trinajstić information content (AvgIpc) is 2.44. The van der Waals surface area contributed by atoms with E-state index in [9.17, 15) is 5.11 Å². The van der Waals surface area contributed by atoms with Crippen LogP contribution in [0.3, 0.4) is 0 Å². The van der Waals surface area contributed by atoms with Crippen molar-refractivity contribution < 1.29 is 14.6 Å². The first-order valence-corrected chi connectivity index (χ1v) is 6.41. The molecule has 1 atom stereocenters. The molecule has 1 aromatic heterocycles. The molecule has 19 heavy (non-hydrogen) atoms. The molecule has 3 N–H and O–H groups in total. The second-order valence-electron chi connectivity index (χ2n) is 4.31. The predicted molar refractivity (Wildman–Crippen MR) is 70.8 cm³/mol. The highest BCUT2D eigenvalue weighted by atomic mass is 16.5. The normalized spacial score (nSPS) is 19.7. The van der Waals surface area contributed by atoms with Gasteiger partial charge in [0.1, 0.15) is 18.2 Å². The van der Waals surface area contributed by atoms with Crippen molar-refractivity contribution >= 4 is 11.6 Å². The van der Waals surface area contributed by atoms with Crippen molar-refractivity contribution in [1.29, 1.82) is 0 Å². The van der Waals surface area contributed by atoms with Gasteiger partial charge in [-0.25, -0.2) is 9.97 Å². The smallest absolute Gasteiger partial charge is 0.158 e. The van der Waals surface area contributed by atoms with Crippen molar-refractivity contribution in [3.63, 3.8) is 0 Å². The molecular weight excluding hydrogens is 248 g/mol. The van der Waals surface area contributed by atoms with E-state index in [-0.39, 0.29) is 12.6 Å². The summed E-state index contributed by atoms with van der Waals surface area (Å²) in [7, 11) is 0. The highest BCUT2D eigenvalue weighted by Gasteiger charge is 2.24. The number of ether oxygens (including phenoxy) is 2. The van der Waals surface area contributed by atoms with Gasteiger partial charge in [-0.15, -0.1) is 0 Å². The molecule has 0 saturated carbocycles. The number of hydrogen-bond donors (Lipinski definition) is 2. The summed E-state index contributed by atoms with van der Waals surface area (Å²) < 4.78 is 10.6. The van der Waals surface area contributed by atoms with Gasteiger partial charge in [0.05, 0.1) is 25.9 Å². The first-order valence-electron chi connectivity index (χ1n) is 6.41. The lowest BCUT2D eigenvalue weighted by atomic mass is 10.2. The fourth-order valence-electron chi connectivity index (χ4n) is 2.02. The number of anilines is 2. The van der Waals surface area contributed by atoms with Crippen LogP contribution < -0.4 is 10.6 Å². The number of morpholine rings is 1. The van der Waals surface area contributed by atoms with Gasteiger partial charge < -0.3 is 25.2 Å². The van der Waals surface area contributed by atoms with E-state index in [1.807, 2.05) is 11.8 Å². The minimum Gasteiger partial charge on any atom is -0.394 e. The van der Waals surface area contributed by atoms with E-state index in [0.29, 0.717) is 50.4 Å². The Morgan fingerprint density at radius 3 is 3.16 bits per heavy atom. The Hall–Kier alpha value is -1.44. The summed E-state index contributed by atoms with van der Waals surface area (Å²) in [6.07, 6.45) is 0. The Bertz CT molecular complexity index is 416. The number of nitrogens with zero attached hydrogens (tertiary/aromatic N) is 3. The predicted octanol–water partition coefficient (Wildman–Crippen LogP) is -0.207. The monoisotopic (exact) mass is 268 g/mol. The molecule has 1 unspecified atom stereocenters. The van der Waals surface area contributed by atoms with Gasteiger partial charge in [-0.2, -0.15) is 0 Å². The molecule has 0 aromatic carbocycles. The maximum Gasteiger partial charge on any atom is 0.158 e. The molecule has 1 fully saturated rings. The number of aliphatic hydroxyl groups excluding tert-OH is 1. The zero-order valence-corrected chi connectivity index (χ0v) is 11.1. The molecule has 106 valence electrons. The second kappa shape index (κ2) is 6.65. The molecule has 1 aromatic rings. The molecule has 0 bridgehead atoms. The van der Waals surface area contributed by atoms with E-state index in [0.717, 1.165) is 0 Å². The standard InChI is InChI=1S/C12H20N4O3/c1-2-18-8-11-14-10(13)5-12(15-11)16-3-4-19-7-9(16)6-17/h5,9,17H,2-4,6-8H2,1H3,(H2,13,14,15). The van der Waals surface area contributed by atoms with Gasteiger partial charge in [-0.1, -0.05) is 0 Å². The summed E-state index contributed by atoms with van der Waals surface area (Å²) in [6.45, 7) is 4.65. The average molecular weight is 268 g/mol. The number of rotatable bonds is 5. The molecular formula is C12H20N4O3. The number of aliphatic hydroxyl groups is 1. The minimum atomic E-state index is -0.0945. The lowest BCUT2D eigenvalue weighted by Crippen LogP contribution is -2.48. The summed E-state index contributed by atoms with van der Waals surface area (Å²) in [4.78, 5) is 10.6. The van der Waals surface area contributed by atoms with Crippen LogP contribution in [0.5, 0.6) is 0 Å². The van der Waals surface area contributed by atoms with Crippen LogP contribution in [-0.2, 0) is 16.1 Å². The lowest BCUT2D eigenvalue weighted by molar-refractivity contribution is 0.0721. The molecule has 7 nitrogen and oxygen atoms in total. The Balaban J connectivity index is 2.19. The zero-order chi connectivity index (χ0) is 13.7. The molecule has 0 spiro atoms. The minimum absolute atomic E-state index is 0.0186. The number of aromatic nitrogens is 2. The van der Waals surface area contributed by atoms with Crippen molar-refractivity contribution in [2.24, 2.45) is 0 Å². The van der Waals surface area contributed by atoms with Gasteiger partial charge in [0.2, 0.25) is 0 Å². The van der Waals surface area contributed by atoms with Gasteiger partial charge in [0, 0.05) is 19.2 Å². The van der Waals surface area contributed by atoms with Crippen molar-refractivity contribution in [3.05, 3.63) is 11.9 Å². The third-order valence-electron chi connectivity index (χ3n) is 2.95. The van der Waals surface area contributed by atoms with Crippen molar-refractivity contribution in [3.8, 4) is 0 Å². The number of nitrogen functional groups attached to an aromatic ring is 1. The third kappa shape index (κ3) is 3.52. The Morgan fingerprint density at radius 1 is 1.58 bits per heavy atom. The SMILES string of the molecule is CCOCc1nc(N)cc(N2CCOCC2CO)n1. The van der Waals surface area contributed by atoms with E-state index >= 15 is 0 Å². The summed E-state index contributed by atoms with van der Waals surface area (Å²) in [5.74, 6) is 1.67. The molecule has 1 saturated heterocycles. The lowest BCUT2D eigenvalue weighted by Gasteiger charge is -2.35. The topological polar surface area (TPSA) is 93.7 Å². The molecule has 1 aliphatic heterocycles. The first-order chi connectivity index (χ1) is 9.24. The van der Waals surface area contributed by atoms with E-state index < -0.39 is 0 Å². The Kier molecular flexibility index (Phi) is 4.89. The molecule has 2 heterocycles. The first kappa shape index (κ1) is 14.0. The van der Waals surface area contributed by atoms with Crippen molar-refractivity contribution in [2.45, 2.75) is 19.6 Å². The Labute approximate surface area is 112 Å². The van der Waals surface area contributed by atoms with Crippen LogP contribution in [-0.4, -0.2) is 54.1 Å². The van der Waals surface area contributed by atoms with E-state index in [4.69, 9.17) is 15.2 Å². The molecule has 0 radical (unpaired) electrons. The van der Waals surface area contributed by atoms with Gasteiger partial charge in [-0.3, -0.25) is 0 Å². The van der Waals surface area contributed by atoms with Gasteiger partial charge >= 0.3 is 0 Å². The van der Waals surface area contributed by atoms with Gasteiger partial charge in [-0.05, 0) is 6.92 Å². The van der Waals surface area contributed by atoms with Crippen LogP contribution in [0.1, 0.15) is 12.7 Å². The fraction of sp³-hybridized carbons (Fsp3) is 0.667. The van der Waals surface area contributed by atoms with Crippen LogP contribution in [0, 0.1) is 0 Å². The highest BCUT2D eigenvalue weighted by molar-refractivity contribution is 5.48. The van der Waals surface area contributed by atoms with Crippen molar-refractivity contribution in [1.82, 2.24) is 9.97 Å². The second-order valence-corrected chi connectivity index (χ2v) is 4.31. The van der Waals surface area contributed by atoms with Crippen LogP contribution >= 0.6 is 0 Å². The fourth-order valence-corrected chi connectivity index (χ4v) is 2.02. The van der Waals surface area contributed by atoms with Crippen LogP contribution in [0.15, 0.2) is 6.07 Å². The molecule has 7 heteroatoms. The van der Waals surface area contributed by atoms with Gasteiger partial charge in [0.15, 0.2) is 5.82 Å². The summed E-state index contributed by atoms with van der Waals surface area (Å²) in [5, 5.41) is 9.38. The van der Waals surface area contributed by atoms with Crippen LogP contribution in [0.2, 0.25) is 0 Å². The molecule has 0 amide bonds.